The van der Waals surface area contributed by atoms with Gasteiger partial charge in [0.05, 0.1) is 5.69 Å². The SMILES string of the molecule is Cc1cnc(N[C@H]2CCCN(C(=O)OC(C)(C)C)C2)nc1Cl.Cc1nc(-c2ccc3c(-c4nc(N[C@H]5CCCN(C(=O)OC(C)(C)C)C5)ncc4C)cn(-c4ccccc4)c3n2)no1.Cc1nc(-c2ccc3c(C)cn(-c4ccccc4)c3n2)no1.O=S=O.O=S=O. The zero-order chi connectivity index (χ0) is 66.3. The van der Waals surface area contributed by atoms with E-state index in [0.29, 0.717) is 78.0 Å². The molecule has 0 bridgehead atoms. The van der Waals surface area contributed by atoms with Gasteiger partial charge in [-0.25, -0.2) is 39.5 Å². The Labute approximate surface area is 543 Å². The van der Waals surface area contributed by atoms with Crippen molar-refractivity contribution in [2.75, 3.05) is 36.8 Å². The second-order valence-corrected chi connectivity index (χ2v) is 24.2. The number of para-hydroxylation sites is 2. The monoisotopic (exact) mass is 1310 g/mol. The molecule has 12 rings (SSSR count). The summed E-state index contributed by atoms with van der Waals surface area (Å²) in [6.45, 7) is 23.2. The molecule has 10 heterocycles. The molecule has 0 aliphatic carbocycles. The zero-order valence-electron chi connectivity index (χ0n) is 52.7. The highest BCUT2D eigenvalue weighted by molar-refractivity contribution is 7.52. The van der Waals surface area contributed by atoms with Crippen LogP contribution in [-0.2, 0) is 32.6 Å². The van der Waals surface area contributed by atoms with Crippen LogP contribution in [0.2, 0.25) is 5.15 Å². The minimum atomic E-state index is -0.750. The number of carbonyl (C=O) groups excluding carboxylic acids is 2. The average molecular weight is 1310 g/mol. The van der Waals surface area contributed by atoms with Crippen molar-refractivity contribution >= 4 is 80.9 Å². The lowest BCUT2D eigenvalue weighted by Crippen LogP contribution is -2.47. The van der Waals surface area contributed by atoms with Crippen LogP contribution < -0.4 is 10.6 Å². The maximum absolute atomic E-state index is 12.7. The van der Waals surface area contributed by atoms with Crippen molar-refractivity contribution in [2.24, 2.45) is 0 Å². The van der Waals surface area contributed by atoms with E-state index in [-0.39, 0.29) is 24.3 Å². The van der Waals surface area contributed by atoms with E-state index in [2.05, 4.69) is 92.5 Å². The number of anilines is 2. The smallest absolute Gasteiger partial charge is 0.410 e. The van der Waals surface area contributed by atoms with Gasteiger partial charge >= 0.3 is 35.3 Å². The van der Waals surface area contributed by atoms with Gasteiger partial charge in [-0.1, -0.05) is 58.3 Å². The number of hydrogen-bond acceptors (Lipinski definition) is 22. The quantitative estimate of drug-likeness (QED) is 0.127. The lowest BCUT2D eigenvalue weighted by molar-refractivity contribution is 0.0196. The van der Waals surface area contributed by atoms with Crippen molar-refractivity contribution in [3.63, 3.8) is 0 Å². The summed E-state index contributed by atoms with van der Waals surface area (Å²) in [5.41, 5.74) is 8.69. The molecule has 0 saturated carbocycles. The first-order valence-electron chi connectivity index (χ1n) is 29.3. The Balaban J connectivity index is 0.000000184. The van der Waals surface area contributed by atoms with E-state index >= 15 is 0 Å². The molecule has 92 heavy (non-hydrogen) atoms. The Morgan fingerprint density at radius 1 is 0.554 bits per heavy atom. The maximum atomic E-state index is 12.7. The van der Waals surface area contributed by atoms with Gasteiger partial charge in [0.15, 0.2) is 0 Å². The Bertz CT molecular complexity index is 4220. The van der Waals surface area contributed by atoms with Crippen molar-refractivity contribution < 1.29 is 44.9 Å². The number of likely N-dealkylation sites (tertiary alicyclic amines) is 2. The summed E-state index contributed by atoms with van der Waals surface area (Å²) < 4.78 is 58.5. The molecule has 0 spiro atoms. The number of ether oxygens (including phenoxy) is 2. The Morgan fingerprint density at radius 2 is 0.989 bits per heavy atom. The molecule has 8 aromatic heterocycles. The number of aryl methyl sites for hydroxylation is 5. The van der Waals surface area contributed by atoms with Gasteiger partial charge in [0.2, 0.25) is 35.3 Å². The molecule has 2 atom stereocenters. The standard InChI is InChI=1S/C31H34N8O3.C17H14N4O.C15H23ClN4O2.2O2S/c1-19-16-32-29(34-21-10-9-15-38(17-21)30(40)41-31(3,4)5)36-26(19)24-18-39(22-11-7-6-8-12-22)28-23(24)13-14-25(35-28)27-33-20(2)42-37-27;1-11-10-21(13-6-4-3-5-7-13)17-14(11)8-9-15(19-17)16-18-12(2)22-20-16;1-10-8-17-13(19-12(10)16)18-11-6-5-7-20(9-11)14(21)22-15(2,3)4;2*1-3-2/h6-8,11-14,16,18,21H,9-10,15,17H2,1-5H3,(H,32,34,36);3-10H,1-2H3;8,11H,5-7,9H2,1-4H3,(H,17,18,19);;/t21-;;11-;;/m0.0../s1. The lowest BCUT2D eigenvalue weighted by atomic mass is 10.1. The van der Waals surface area contributed by atoms with Crippen molar-refractivity contribution in [3.8, 4) is 45.7 Å². The van der Waals surface area contributed by atoms with Gasteiger partial charge in [0.1, 0.15) is 39.0 Å². The molecular weight excluding hydrogens is 1240 g/mol. The van der Waals surface area contributed by atoms with Gasteiger partial charge in [0.25, 0.3) is 0 Å². The van der Waals surface area contributed by atoms with Gasteiger partial charge in [-0.15, -0.1) is 0 Å². The van der Waals surface area contributed by atoms with Crippen LogP contribution in [0.5, 0.6) is 0 Å². The topological polar surface area (TPSA) is 316 Å². The van der Waals surface area contributed by atoms with E-state index in [1.165, 1.54) is 5.56 Å². The van der Waals surface area contributed by atoms with E-state index in [0.717, 1.165) is 81.5 Å². The van der Waals surface area contributed by atoms with Gasteiger partial charge in [-0.2, -0.15) is 26.8 Å². The summed E-state index contributed by atoms with van der Waals surface area (Å²) in [7, 11) is 0. The molecule has 10 aromatic rings. The summed E-state index contributed by atoms with van der Waals surface area (Å²) in [6.07, 6.45) is 10.7. The third kappa shape index (κ3) is 18.3. The molecule has 0 radical (unpaired) electrons. The van der Waals surface area contributed by atoms with E-state index in [4.69, 9.17) is 61.9 Å². The number of rotatable bonds is 9. The fourth-order valence-corrected chi connectivity index (χ4v) is 10.1. The average Bonchev–Trinajstić information content (AvgIpc) is 1.61. The van der Waals surface area contributed by atoms with Crippen molar-refractivity contribution in [1.29, 1.82) is 0 Å². The highest BCUT2D eigenvalue weighted by Crippen LogP contribution is 2.35. The maximum Gasteiger partial charge on any atom is 0.410 e. The third-order valence-corrected chi connectivity index (χ3v) is 14.4. The van der Waals surface area contributed by atoms with Crippen LogP contribution in [-0.4, -0.2) is 148 Å². The van der Waals surface area contributed by atoms with Crippen LogP contribution in [0, 0.1) is 34.6 Å². The number of nitrogens with one attached hydrogen (secondary N) is 2. The van der Waals surface area contributed by atoms with Gasteiger partial charge in [0, 0.05) is 110 Å². The van der Waals surface area contributed by atoms with Crippen LogP contribution in [0.15, 0.2) is 119 Å². The summed E-state index contributed by atoms with van der Waals surface area (Å²) in [5.74, 6) is 2.97. The van der Waals surface area contributed by atoms with Crippen molar-refractivity contribution in [1.82, 2.24) is 69.1 Å². The van der Waals surface area contributed by atoms with Crippen LogP contribution in [0.25, 0.3) is 67.7 Å². The second-order valence-electron chi connectivity index (χ2n) is 23.5. The number of aromatic nitrogens is 12. The number of halogens is 1. The summed E-state index contributed by atoms with van der Waals surface area (Å²) in [5, 5.41) is 17.2. The highest BCUT2D eigenvalue weighted by atomic mass is 35.5. The molecule has 26 nitrogen and oxygen atoms in total. The Morgan fingerprint density at radius 3 is 1.43 bits per heavy atom. The fraction of sp³-hybridized carbons (Fsp3) is 0.365. The zero-order valence-corrected chi connectivity index (χ0v) is 55.1. The van der Waals surface area contributed by atoms with Crippen LogP contribution in [0.3, 0.4) is 0 Å². The number of hydrogen-bond donors (Lipinski definition) is 2. The number of amides is 2. The molecule has 2 aromatic carbocycles. The lowest BCUT2D eigenvalue weighted by Gasteiger charge is -2.34. The molecule has 2 fully saturated rings. The van der Waals surface area contributed by atoms with Crippen LogP contribution in [0.1, 0.15) is 95.7 Å². The van der Waals surface area contributed by atoms with Crippen LogP contribution in [0.4, 0.5) is 21.5 Å². The molecule has 29 heteroatoms. The highest BCUT2D eigenvalue weighted by Gasteiger charge is 2.30. The second kappa shape index (κ2) is 30.9. The summed E-state index contributed by atoms with van der Waals surface area (Å²) in [6, 6.07) is 28.2. The predicted octanol–water partition coefficient (Wildman–Crippen LogP) is 11.6. The van der Waals surface area contributed by atoms with Crippen molar-refractivity contribution in [3.05, 3.63) is 143 Å². The number of piperidine rings is 2. The van der Waals surface area contributed by atoms with Crippen molar-refractivity contribution in [2.45, 2.75) is 125 Å². The first-order chi connectivity index (χ1) is 43.9. The van der Waals surface area contributed by atoms with E-state index in [1.54, 1.807) is 29.8 Å². The van der Waals surface area contributed by atoms with Gasteiger partial charge in [-0.05, 0) is 148 Å². The molecule has 2 saturated heterocycles. The fourth-order valence-electron chi connectivity index (χ4n) is 10.00. The first kappa shape index (κ1) is 68.2. The van der Waals surface area contributed by atoms with E-state index in [1.807, 2.05) is 128 Å². The van der Waals surface area contributed by atoms with E-state index in [9.17, 15) is 9.59 Å². The minimum absolute atomic E-state index is 0.00938. The van der Waals surface area contributed by atoms with Gasteiger partial charge < -0.3 is 48.1 Å². The predicted molar refractivity (Wildman–Crippen MR) is 347 cm³/mol. The Kier molecular flexibility index (Phi) is 22.9. The largest absolute Gasteiger partial charge is 0.444 e. The molecule has 2 N–H and O–H groups in total. The molecule has 2 aliphatic rings. The summed E-state index contributed by atoms with van der Waals surface area (Å²) >= 11 is 4.51. The number of benzene rings is 2. The van der Waals surface area contributed by atoms with Gasteiger partial charge in [-0.3, -0.25) is 0 Å². The Hall–Kier alpha value is -9.67. The molecule has 482 valence electrons. The normalized spacial score (nSPS) is 14.6. The number of pyridine rings is 2. The summed E-state index contributed by atoms with van der Waals surface area (Å²) in [4.78, 5) is 64.6. The molecule has 2 aliphatic heterocycles. The number of carbonyl (C=O) groups is 2. The molecule has 0 unspecified atom stereocenters. The van der Waals surface area contributed by atoms with Crippen LogP contribution >= 0.6 is 11.6 Å². The minimum Gasteiger partial charge on any atom is -0.444 e. The first-order valence-corrected chi connectivity index (χ1v) is 31.0. The number of fused-ring (bicyclic) bond motifs is 2. The molecular formula is C63H71ClN16O10S2. The molecule has 2 amide bonds. The third-order valence-electron chi connectivity index (χ3n) is 14.0. The van der Waals surface area contributed by atoms with E-state index < -0.39 is 34.3 Å². The number of nitrogens with zero attached hydrogens (tertiary/aromatic N) is 14.